The molecule has 2 heterocycles. The van der Waals surface area contributed by atoms with Crippen LogP contribution in [0.15, 0.2) is 36.5 Å². The van der Waals surface area contributed by atoms with Crippen molar-refractivity contribution >= 4 is 33.5 Å². The monoisotopic (exact) mass is 419 g/mol. The molecule has 0 fully saturated rings. The zero-order chi connectivity index (χ0) is 21.3. The van der Waals surface area contributed by atoms with E-state index in [9.17, 15) is 22.8 Å². The van der Waals surface area contributed by atoms with E-state index in [0.717, 1.165) is 6.26 Å². The normalized spacial score (nSPS) is 15.7. The first-order chi connectivity index (χ1) is 13.6. The van der Waals surface area contributed by atoms with Crippen molar-refractivity contribution in [2.75, 3.05) is 17.2 Å². The van der Waals surface area contributed by atoms with Crippen LogP contribution in [0.1, 0.15) is 33.3 Å². The van der Waals surface area contributed by atoms with Gasteiger partial charge in [-0.05, 0) is 49.2 Å². The second-order valence-corrected chi connectivity index (χ2v) is 8.77. The summed E-state index contributed by atoms with van der Waals surface area (Å²) in [7, 11) is -1.76. The number of hydrogen-bond donors (Lipinski definition) is 1. The number of anilines is 1. The molecule has 3 rings (SSSR count). The number of nitrogens with one attached hydrogen (secondary N) is 1. The maximum atomic E-state index is 12.3. The molecule has 1 aromatic carbocycles. The number of nitrogens with zero attached hydrogens (tertiary/aromatic N) is 2. The molecule has 0 spiro atoms. The van der Waals surface area contributed by atoms with E-state index in [1.54, 1.807) is 49.0 Å². The van der Waals surface area contributed by atoms with Gasteiger partial charge in [0.1, 0.15) is 5.69 Å². The minimum atomic E-state index is -3.42. The van der Waals surface area contributed by atoms with E-state index in [1.807, 2.05) is 0 Å². The maximum absolute atomic E-state index is 12.3. The number of sulfonamides is 1. The van der Waals surface area contributed by atoms with Crippen molar-refractivity contribution in [1.29, 1.82) is 0 Å². The van der Waals surface area contributed by atoms with Crippen molar-refractivity contribution in [3.8, 4) is 0 Å². The van der Waals surface area contributed by atoms with Gasteiger partial charge >= 0.3 is 5.97 Å². The van der Waals surface area contributed by atoms with Crippen LogP contribution in [0, 0.1) is 0 Å². The van der Waals surface area contributed by atoms with Crippen LogP contribution in [0.4, 0.5) is 5.69 Å². The van der Waals surface area contributed by atoms with Crippen molar-refractivity contribution < 1.29 is 27.5 Å². The highest BCUT2D eigenvalue weighted by Crippen LogP contribution is 2.34. The summed E-state index contributed by atoms with van der Waals surface area (Å²) in [6, 6.07) is 7.53. The van der Waals surface area contributed by atoms with Crippen LogP contribution in [-0.2, 0) is 33.0 Å². The number of carbonyl (C=O) groups excluding carboxylic acids is 3. The Labute approximate surface area is 168 Å². The first kappa shape index (κ1) is 20.6. The SMILES string of the molecule is CC1Cc2cc(C(=O)OCC(=O)NC(=O)c3cccn3C)ccc2N1S(C)(=O)=O. The summed E-state index contributed by atoms with van der Waals surface area (Å²) in [6.45, 7) is 1.17. The molecule has 1 aliphatic rings. The molecule has 1 aliphatic heterocycles. The minimum absolute atomic E-state index is 0.202. The fourth-order valence-electron chi connectivity index (χ4n) is 3.37. The quantitative estimate of drug-likeness (QED) is 0.719. The number of aryl methyl sites for hydroxylation is 1. The molecule has 1 aromatic heterocycles. The molecule has 0 aliphatic carbocycles. The van der Waals surface area contributed by atoms with Crippen molar-refractivity contribution in [2.45, 2.75) is 19.4 Å². The maximum Gasteiger partial charge on any atom is 0.338 e. The van der Waals surface area contributed by atoms with Crippen molar-refractivity contribution in [3.05, 3.63) is 53.3 Å². The fraction of sp³-hybridized carbons (Fsp3) is 0.316. The van der Waals surface area contributed by atoms with Gasteiger partial charge in [0, 0.05) is 19.3 Å². The number of hydrogen-bond acceptors (Lipinski definition) is 6. The molecule has 2 aromatic rings. The van der Waals surface area contributed by atoms with Gasteiger partial charge in [0.2, 0.25) is 10.0 Å². The number of aromatic nitrogens is 1. The lowest BCUT2D eigenvalue weighted by atomic mass is 10.1. The zero-order valence-electron chi connectivity index (χ0n) is 16.2. The summed E-state index contributed by atoms with van der Waals surface area (Å²) in [4.78, 5) is 36.1. The van der Waals surface area contributed by atoms with Gasteiger partial charge in [-0.25, -0.2) is 13.2 Å². The summed E-state index contributed by atoms with van der Waals surface area (Å²) < 4.78 is 31.8. The van der Waals surface area contributed by atoms with E-state index in [-0.39, 0.29) is 11.6 Å². The number of ether oxygens (including phenoxy) is 1. The highest BCUT2D eigenvalue weighted by atomic mass is 32.2. The third-order valence-corrected chi connectivity index (χ3v) is 5.86. The first-order valence-electron chi connectivity index (χ1n) is 8.83. The van der Waals surface area contributed by atoms with Crippen LogP contribution in [0.3, 0.4) is 0 Å². The molecule has 9 nitrogen and oxygen atoms in total. The average molecular weight is 419 g/mol. The Hall–Kier alpha value is -3.14. The van der Waals surface area contributed by atoms with Crippen LogP contribution in [-0.4, -0.2) is 49.7 Å². The van der Waals surface area contributed by atoms with Gasteiger partial charge in [0.05, 0.1) is 17.5 Å². The smallest absolute Gasteiger partial charge is 0.338 e. The van der Waals surface area contributed by atoms with Gasteiger partial charge < -0.3 is 9.30 Å². The third-order valence-electron chi connectivity index (χ3n) is 4.59. The van der Waals surface area contributed by atoms with Crippen LogP contribution < -0.4 is 9.62 Å². The van der Waals surface area contributed by atoms with Crippen molar-refractivity contribution in [2.24, 2.45) is 7.05 Å². The molecular weight excluding hydrogens is 398 g/mol. The highest BCUT2D eigenvalue weighted by molar-refractivity contribution is 7.92. The Balaban J connectivity index is 1.62. The van der Waals surface area contributed by atoms with Gasteiger partial charge in [-0.1, -0.05) is 0 Å². The lowest BCUT2D eigenvalue weighted by molar-refractivity contribution is -0.123. The average Bonchev–Trinajstić information content (AvgIpc) is 3.20. The Morgan fingerprint density at radius 2 is 1.97 bits per heavy atom. The predicted molar refractivity (Wildman–Crippen MR) is 105 cm³/mol. The zero-order valence-corrected chi connectivity index (χ0v) is 17.0. The van der Waals surface area contributed by atoms with E-state index in [1.165, 1.54) is 10.4 Å². The molecule has 0 radical (unpaired) electrons. The summed E-state index contributed by atoms with van der Waals surface area (Å²) in [5.41, 5.74) is 1.74. The van der Waals surface area contributed by atoms with Crippen LogP contribution in [0.5, 0.6) is 0 Å². The summed E-state index contributed by atoms with van der Waals surface area (Å²) in [5, 5.41) is 2.15. The summed E-state index contributed by atoms with van der Waals surface area (Å²) in [5.74, 6) is -2.08. The molecule has 2 amide bonds. The third kappa shape index (κ3) is 4.32. The number of carbonyl (C=O) groups is 3. The summed E-state index contributed by atoms with van der Waals surface area (Å²) in [6.07, 6.45) is 3.27. The van der Waals surface area contributed by atoms with E-state index >= 15 is 0 Å². The summed E-state index contributed by atoms with van der Waals surface area (Å²) >= 11 is 0. The van der Waals surface area contributed by atoms with Crippen molar-refractivity contribution in [3.63, 3.8) is 0 Å². The minimum Gasteiger partial charge on any atom is -0.452 e. The van der Waals surface area contributed by atoms with Crippen LogP contribution in [0.25, 0.3) is 0 Å². The molecule has 0 saturated heterocycles. The van der Waals surface area contributed by atoms with Crippen molar-refractivity contribution in [1.82, 2.24) is 9.88 Å². The van der Waals surface area contributed by atoms with Crippen LogP contribution >= 0.6 is 0 Å². The van der Waals surface area contributed by atoms with E-state index in [4.69, 9.17) is 4.74 Å². The predicted octanol–water partition coefficient (Wildman–Crippen LogP) is 0.849. The molecule has 1 N–H and O–H groups in total. The number of esters is 1. The van der Waals surface area contributed by atoms with Gasteiger partial charge in [0.15, 0.2) is 6.61 Å². The largest absolute Gasteiger partial charge is 0.452 e. The Morgan fingerprint density at radius 1 is 1.24 bits per heavy atom. The Kier molecular flexibility index (Phi) is 5.47. The van der Waals surface area contributed by atoms with E-state index < -0.39 is 34.4 Å². The number of amides is 2. The molecule has 1 unspecified atom stereocenters. The molecule has 29 heavy (non-hydrogen) atoms. The second-order valence-electron chi connectivity index (χ2n) is 6.91. The number of rotatable bonds is 5. The van der Waals surface area contributed by atoms with Gasteiger partial charge in [-0.3, -0.25) is 19.2 Å². The lowest BCUT2D eigenvalue weighted by Crippen LogP contribution is -2.35. The molecule has 154 valence electrons. The molecule has 0 saturated carbocycles. The topological polar surface area (TPSA) is 115 Å². The Morgan fingerprint density at radius 3 is 2.59 bits per heavy atom. The van der Waals surface area contributed by atoms with Gasteiger partial charge in [-0.2, -0.15) is 0 Å². The number of fused-ring (bicyclic) bond motifs is 1. The standard InChI is InChI=1S/C19H21N3O6S/c1-12-9-14-10-13(6-7-15(14)22(12)29(3,26)27)19(25)28-11-17(23)20-18(24)16-5-4-8-21(16)2/h4-8,10,12H,9,11H2,1-3H3,(H,20,23,24). The van der Waals surface area contributed by atoms with Gasteiger partial charge in [-0.15, -0.1) is 0 Å². The van der Waals surface area contributed by atoms with E-state index in [0.29, 0.717) is 23.4 Å². The number of imide groups is 1. The molecule has 0 bridgehead atoms. The van der Waals surface area contributed by atoms with Gasteiger partial charge in [0.25, 0.3) is 11.8 Å². The second kappa shape index (κ2) is 7.70. The lowest BCUT2D eigenvalue weighted by Gasteiger charge is -2.21. The first-order valence-corrected chi connectivity index (χ1v) is 10.7. The Bertz CT molecular complexity index is 1090. The van der Waals surface area contributed by atoms with Crippen LogP contribution in [0.2, 0.25) is 0 Å². The number of benzene rings is 1. The molecular formula is C19H21N3O6S. The molecule has 10 heteroatoms. The highest BCUT2D eigenvalue weighted by Gasteiger charge is 2.33. The van der Waals surface area contributed by atoms with E-state index in [2.05, 4.69) is 5.32 Å². The molecule has 1 atom stereocenters. The fourth-order valence-corrected chi connectivity index (χ4v) is 4.64.